The summed E-state index contributed by atoms with van der Waals surface area (Å²) in [6.07, 6.45) is 20.3. The normalized spacial score (nSPS) is 24.3. The molecule has 0 aromatic carbocycles. The third kappa shape index (κ3) is 20.6. The Bertz CT molecular complexity index is 1270. The molecule has 0 aromatic rings. The van der Waals surface area contributed by atoms with Gasteiger partial charge in [0.2, 0.25) is 0 Å². The van der Waals surface area contributed by atoms with Crippen LogP contribution >= 0.6 is 0 Å². The summed E-state index contributed by atoms with van der Waals surface area (Å²) in [5.74, 6) is -0.602. The lowest BCUT2D eigenvalue weighted by molar-refractivity contribution is -0.151. The maximum Gasteiger partial charge on any atom is 0.331 e. The van der Waals surface area contributed by atoms with Crippen molar-refractivity contribution >= 4 is 11.9 Å². The number of allylic oxidation sites excluding steroid dienone is 10. The first-order valence-electron chi connectivity index (χ1n) is 18.9. The fourth-order valence-electron chi connectivity index (χ4n) is 6.15. The average Bonchev–Trinajstić information content (AvgIpc) is 3.03. The van der Waals surface area contributed by atoms with Gasteiger partial charge in [-0.2, -0.15) is 0 Å². The highest BCUT2D eigenvalue weighted by Gasteiger charge is 2.25. The van der Waals surface area contributed by atoms with Gasteiger partial charge in [0.25, 0.3) is 0 Å². The molecule has 0 aliphatic carbocycles. The van der Waals surface area contributed by atoms with Gasteiger partial charge < -0.3 is 29.9 Å². The van der Waals surface area contributed by atoms with E-state index in [9.17, 15) is 30.0 Å². The van der Waals surface area contributed by atoms with Gasteiger partial charge in [-0.25, -0.2) is 4.79 Å². The predicted octanol–water partition coefficient (Wildman–Crippen LogP) is 8.18. The van der Waals surface area contributed by atoms with Crippen molar-refractivity contribution in [2.75, 3.05) is 0 Å². The van der Waals surface area contributed by atoms with Gasteiger partial charge in [0, 0.05) is 24.8 Å². The summed E-state index contributed by atoms with van der Waals surface area (Å²) in [5.41, 5.74) is 3.83. The van der Waals surface area contributed by atoms with Crippen LogP contribution in [0.2, 0.25) is 0 Å². The van der Waals surface area contributed by atoms with Crippen LogP contribution in [0.1, 0.15) is 120 Å². The largest absolute Gasteiger partial charge is 0.462 e. The van der Waals surface area contributed by atoms with E-state index in [1.165, 1.54) is 6.08 Å². The van der Waals surface area contributed by atoms with E-state index >= 15 is 0 Å². The molecule has 4 N–H and O–H groups in total. The lowest BCUT2D eigenvalue weighted by Gasteiger charge is -2.26. The average molecular weight is 713 g/mol. The molecule has 1 aliphatic rings. The minimum absolute atomic E-state index is 0.0757. The first kappa shape index (κ1) is 46.0. The van der Waals surface area contributed by atoms with E-state index < -0.39 is 30.4 Å². The number of carbonyl (C=O) groups is 2. The quantitative estimate of drug-likeness (QED) is 0.0514. The van der Waals surface area contributed by atoms with E-state index in [4.69, 9.17) is 9.47 Å². The number of ether oxygens (including phenoxy) is 2. The molecule has 1 heterocycles. The summed E-state index contributed by atoms with van der Waals surface area (Å²) in [5, 5.41) is 39.9. The summed E-state index contributed by atoms with van der Waals surface area (Å²) < 4.78 is 11.8. The first-order valence-corrected chi connectivity index (χ1v) is 18.9. The predicted molar refractivity (Wildman–Crippen MR) is 207 cm³/mol. The molecule has 0 saturated carbocycles. The van der Waals surface area contributed by atoms with Crippen molar-refractivity contribution in [2.45, 2.75) is 157 Å². The zero-order chi connectivity index (χ0) is 38.5. The summed E-state index contributed by atoms with van der Waals surface area (Å²) >= 11 is 0. The second kappa shape index (κ2) is 25.0. The minimum atomic E-state index is -0.890. The van der Waals surface area contributed by atoms with E-state index in [-0.39, 0.29) is 42.4 Å². The van der Waals surface area contributed by atoms with Gasteiger partial charge in [-0.3, -0.25) is 4.79 Å². The van der Waals surface area contributed by atoms with E-state index in [1.807, 2.05) is 71.9 Å². The Kier molecular flexibility index (Phi) is 22.6. The van der Waals surface area contributed by atoms with Crippen LogP contribution in [0.15, 0.2) is 83.1 Å². The molecule has 2 unspecified atom stereocenters. The Hall–Kier alpha value is -3.04. The summed E-state index contributed by atoms with van der Waals surface area (Å²) in [6, 6.07) is 0. The van der Waals surface area contributed by atoms with Gasteiger partial charge in [0.05, 0.1) is 24.4 Å². The first-order chi connectivity index (χ1) is 24.0. The Morgan fingerprint density at radius 3 is 2.29 bits per heavy atom. The van der Waals surface area contributed by atoms with Crippen LogP contribution in [0.4, 0.5) is 0 Å². The van der Waals surface area contributed by atoms with Gasteiger partial charge >= 0.3 is 11.9 Å². The number of rotatable bonds is 17. The highest BCUT2D eigenvalue weighted by Crippen LogP contribution is 2.26. The molecule has 0 radical (unpaired) electrons. The SMILES string of the molecule is CCCC(O)C(O)C=C(C)C=CC=C(C)C=C(C)C=CC(=O)O[C@H]1CCCC(=O)O[C@H]([C@H](C)C/C(C)=C/[C@@H](C)[C@H](O)C[C@@H](C)O)CC=CC[C@@H]1C. The maximum absolute atomic E-state index is 12.9. The van der Waals surface area contributed by atoms with Gasteiger partial charge in [-0.1, -0.05) is 111 Å². The van der Waals surface area contributed by atoms with Crippen LogP contribution in [-0.2, 0) is 19.1 Å². The van der Waals surface area contributed by atoms with E-state index in [2.05, 4.69) is 26.0 Å². The summed E-state index contributed by atoms with van der Waals surface area (Å²) in [4.78, 5) is 25.7. The molecular formula is C43H68O8. The number of hydrogen-bond donors (Lipinski definition) is 4. The molecule has 0 aromatic heterocycles. The van der Waals surface area contributed by atoms with Crippen molar-refractivity contribution in [3.05, 3.63) is 83.1 Å². The topological polar surface area (TPSA) is 134 Å². The van der Waals surface area contributed by atoms with Crippen molar-refractivity contribution in [3.63, 3.8) is 0 Å². The van der Waals surface area contributed by atoms with Crippen molar-refractivity contribution in [1.29, 1.82) is 0 Å². The van der Waals surface area contributed by atoms with Crippen LogP contribution in [0.5, 0.6) is 0 Å². The molecule has 51 heavy (non-hydrogen) atoms. The molecule has 0 saturated heterocycles. The number of aliphatic hydroxyl groups is 4. The third-order valence-electron chi connectivity index (χ3n) is 9.18. The number of cyclic esters (lactones) is 1. The summed E-state index contributed by atoms with van der Waals surface area (Å²) in [7, 11) is 0. The number of carbonyl (C=O) groups excluding carboxylic acids is 2. The number of esters is 2. The molecule has 8 nitrogen and oxygen atoms in total. The molecule has 288 valence electrons. The molecule has 0 spiro atoms. The van der Waals surface area contributed by atoms with Gasteiger partial charge in [0.15, 0.2) is 0 Å². The maximum atomic E-state index is 12.9. The van der Waals surface area contributed by atoms with Crippen LogP contribution in [0.3, 0.4) is 0 Å². The molecular weight excluding hydrogens is 644 g/mol. The highest BCUT2D eigenvalue weighted by molar-refractivity contribution is 5.82. The second-order valence-corrected chi connectivity index (χ2v) is 14.8. The number of hydrogen-bond acceptors (Lipinski definition) is 8. The van der Waals surface area contributed by atoms with Crippen LogP contribution in [0, 0.1) is 17.8 Å². The number of aliphatic hydroxyl groups excluding tert-OH is 4. The van der Waals surface area contributed by atoms with Crippen LogP contribution in [0.25, 0.3) is 0 Å². The molecule has 0 fully saturated rings. The van der Waals surface area contributed by atoms with Crippen LogP contribution in [-0.4, -0.2) is 69.0 Å². The van der Waals surface area contributed by atoms with Gasteiger partial charge in [-0.05, 0) is 85.0 Å². The Balaban J connectivity index is 2.79. The summed E-state index contributed by atoms with van der Waals surface area (Å²) in [6.45, 7) is 17.5. The molecule has 8 heteroatoms. The van der Waals surface area contributed by atoms with Crippen molar-refractivity contribution < 1.29 is 39.5 Å². The second-order valence-electron chi connectivity index (χ2n) is 14.8. The van der Waals surface area contributed by atoms with Crippen LogP contribution < -0.4 is 0 Å². The van der Waals surface area contributed by atoms with E-state index in [1.54, 1.807) is 19.1 Å². The lowest BCUT2D eigenvalue weighted by atomic mass is 9.90. The Labute approximate surface area is 308 Å². The van der Waals surface area contributed by atoms with Gasteiger partial charge in [-0.15, -0.1) is 0 Å². The van der Waals surface area contributed by atoms with E-state index in [0.29, 0.717) is 32.1 Å². The molecule has 1 aliphatic heterocycles. The third-order valence-corrected chi connectivity index (χ3v) is 9.18. The molecule has 1 rings (SSSR count). The molecule has 9 atom stereocenters. The molecule has 0 bridgehead atoms. The Morgan fingerprint density at radius 1 is 0.941 bits per heavy atom. The zero-order valence-corrected chi connectivity index (χ0v) is 32.8. The zero-order valence-electron chi connectivity index (χ0n) is 32.8. The van der Waals surface area contributed by atoms with E-state index in [0.717, 1.165) is 41.6 Å². The lowest BCUT2D eigenvalue weighted by Crippen LogP contribution is -2.27. The molecule has 0 amide bonds. The fourth-order valence-corrected chi connectivity index (χ4v) is 6.15. The monoisotopic (exact) mass is 712 g/mol. The smallest absolute Gasteiger partial charge is 0.331 e. The van der Waals surface area contributed by atoms with Crippen molar-refractivity contribution in [3.8, 4) is 0 Å². The fraction of sp³-hybridized carbons (Fsp3) is 0.628. The van der Waals surface area contributed by atoms with Crippen molar-refractivity contribution in [1.82, 2.24) is 0 Å². The van der Waals surface area contributed by atoms with Gasteiger partial charge in [0.1, 0.15) is 12.2 Å². The standard InChI is InChI=1S/C43H68O8/c1-10-15-37(45)39(47)27-30(3)17-13-16-29(2)24-31(4)22-23-43(49)50-40-20-14-21-42(48)51-41(19-12-11-18-33(40)6)35(8)26-32(5)25-34(7)38(46)28-36(9)44/h11-13,16-17,22-25,27,33-41,44-47H,10,14-15,18-21,26,28H2,1-9H3/b12-11?,17-13?,23-22?,29-16?,30-27?,31-24?,32-25+/t33-,34+,35+,36+,37?,38+,39?,40-,41-/m0/s1. The Morgan fingerprint density at radius 2 is 1.63 bits per heavy atom. The minimum Gasteiger partial charge on any atom is -0.462 e. The highest BCUT2D eigenvalue weighted by atomic mass is 16.5. The van der Waals surface area contributed by atoms with Crippen molar-refractivity contribution in [2.24, 2.45) is 17.8 Å².